The highest BCUT2D eigenvalue weighted by Gasteiger charge is 2.34. The van der Waals surface area contributed by atoms with Crippen molar-refractivity contribution in [3.05, 3.63) is 82.1 Å². The first-order valence-corrected chi connectivity index (χ1v) is 18.4. The van der Waals surface area contributed by atoms with Crippen LogP contribution in [0.15, 0.2) is 55.0 Å². The summed E-state index contributed by atoms with van der Waals surface area (Å²) in [7, 11) is 1.63. The fourth-order valence-electron chi connectivity index (χ4n) is 5.83. The molecule has 56 heavy (non-hydrogen) atoms. The Balaban J connectivity index is 0.965. The Morgan fingerprint density at radius 3 is 2.41 bits per heavy atom. The standard InChI is InChI=1S/C39H44FN9O7/c1-39(2,3)56-38(53)47(11-14-54-16-13-48-36(51)29-7-5-6-8-30(29)37(48)52)12-15-55-24-27(40)22-44-35(50)31-23-42-33(18-32(31)46-28-9-10-28)49-34-26(21-45-49)17-25(19-41-4)20-43-34/h5-8,17-18,20-21,23,27-28H,9-16,22,24H2,1-4H3,(H-,42,44,46,50)/p+1. The van der Waals surface area contributed by atoms with Crippen LogP contribution in [0.1, 0.15) is 70.3 Å². The molecule has 1 aromatic carbocycles. The largest absolute Gasteiger partial charge is 0.444 e. The van der Waals surface area contributed by atoms with E-state index in [0.717, 1.165) is 23.1 Å². The van der Waals surface area contributed by atoms with Crippen molar-refractivity contribution < 1.29 is 37.8 Å². The number of amides is 4. The van der Waals surface area contributed by atoms with Crippen molar-refractivity contribution in [3.63, 3.8) is 0 Å². The normalized spacial score (nSPS) is 14.3. The number of pyridine rings is 2. The van der Waals surface area contributed by atoms with E-state index >= 15 is 0 Å². The summed E-state index contributed by atoms with van der Waals surface area (Å²) >= 11 is 0. The second-order valence-corrected chi connectivity index (χ2v) is 14.3. The Morgan fingerprint density at radius 2 is 1.73 bits per heavy atom. The van der Waals surface area contributed by atoms with Crippen molar-refractivity contribution in [2.75, 3.05) is 65.0 Å². The molecule has 0 saturated heterocycles. The number of alkyl halides is 1. The van der Waals surface area contributed by atoms with Gasteiger partial charge in [-0.15, -0.1) is 0 Å². The maximum atomic E-state index is 15.0. The summed E-state index contributed by atoms with van der Waals surface area (Å²) in [5.41, 5.74) is 2.06. The van der Waals surface area contributed by atoms with E-state index in [-0.39, 0.29) is 76.0 Å². The first-order valence-electron chi connectivity index (χ1n) is 18.4. The number of anilines is 1. The Bertz CT molecular complexity index is 2120. The van der Waals surface area contributed by atoms with Crippen molar-refractivity contribution in [1.29, 1.82) is 0 Å². The summed E-state index contributed by atoms with van der Waals surface area (Å²) in [6.07, 6.45) is 4.52. The molecule has 3 aromatic heterocycles. The molecule has 0 spiro atoms. The summed E-state index contributed by atoms with van der Waals surface area (Å²) in [6, 6.07) is 13.3. The molecule has 1 saturated carbocycles. The molecule has 4 aromatic rings. The number of ether oxygens (including phenoxy) is 3. The van der Waals surface area contributed by atoms with Gasteiger partial charge in [-0.05, 0) is 51.8 Å². The lowest BCUT2D eigenvalue weighted by molar-refractivity contribution is 0.00587. The maximum absolute atomic E-state index is 15.0. The minimum Gasteiger partial charge on any atom is -0.444 e. The summed E-state index contributed by atoms with van der Waals surface area (Å²) in [5.74, 6) is -0.790. The van der Waals surface area contributed by atoms with Gasteiger partial charge in [0.2, 0.25) is 0 Å². The molecule has 4 heterocycles. The third kappa shape index (κ3) is 10.00. The molecule has 6 rings (SSSR count). The fraction of sp³-hybridized carbons (Fsp3) is 0.436. The number of aromatic nitrogens is 4. The van der Waals surface area contributed by atoms with Crippen LogP contribution in [0.2, 0.25) is 0 Å². The highest BCUT2D eigenvalue weighted by Crippen LogP contribution is 2.28. The van der Waals surface area contributed by atoms with E-state index in [1.54, 1.807) is 75.2 Å². The minimum atomic E-state index is -1.53. The van der Waals surface area contributed by atoms with E-state index in [0.29, 0.717) is 33.8 Å². The smallest absolute Gasteiger partial charge is 0.410 e. The molecule has 1 aliphatic heterocycles. The quantitative estimate of drug-likeness (QED) is 0.116. The number of benzene rings is 1. The van der Waals surface area contributed by atoms with E-state index in [4.69, 9.17) is 14.2 Å². The molecular weight excluding hydrogens is 725 g/mol. The molecule has 2 N–H and O–H groups in total. The summed E-state index contributed by atoms with van der Waals surface area (Å²) in [5, 5.41) is 11.2. The van der Waals surface area contributed by atoms with Gasteiger partial charge in [-0.3, -0.25) is 19.3 Å². The van der Waals surface area contributed by atoms with Gasteiger partial charge in [0.15, 0.2) is 11.5 Å². The van der Waals surface area contributed by atoms with Crippen molar-refractivity contribution >= 4 is 40.5 Å². The van der Waals surface area contributed by atoms with E-state index in [9.17, 15) is 23.6 Å². The van der Waals surface area contributed by atoms with Crippen molar-refractivity contribution in [1.82, 2.24) is 34.9 Å². The lowest BCUT2D eigenvalue weighted by atomic mass is 10.1. The van der Waals surface area contributed by atoms with Gasteiger partial charge in [-0.1, -0.05) is 17.0 Å². The minimum absolute atomic E-state index is 0.00772. The molecule has 1 unspecified atom stereocenters. The van der Waals surface area contributed by atoms with Crippen LogP contribution in [0.5, 0.6) is 0 Å². The van der Waals surface area contributed by atoms with Crippen LogP contribution in [0.3, 0.4) is 0 Å². The Hall–Kier alpha value is -5.99. The highest BCUT2D eigenvalue weighted by molar-refractivity contribution is 6.21. The molecule has 17 heteroatoms. The Labute approximate surface area is 323 Å². The van der Waals surface area contributed by atoms with Crippen LogP contribution < -0.4 is 10.6 Å². The van der Waals surface area contributed by atoms with Crippen LogP contribution >= 0.6 is 0 Å². The van der Waals surface area contributed by atoms with Crippen LogP contribution in [-0.2, 0) is 14.2 Å². The Kier molecular flexibility index (Phi) is 12.5. The number of carbonyl (C=O) groups excluding carboxylic acids is 4. The molecule has 2 aliphatic rings. The molecule has 16 nitrogen and oxygen atoms in total. The van der Waals surface area contributed by atoms with Gasteiger partial charge in [0, 0.05) is 36.8 Å². The van der Waals surface area contributed by atoms with E-state index in [1.807, 2.05) is 6.07 Å². The first-order chi connectivity index (χ1) is 26.9. The molecule has 0 radical (unpaired) electrons. The summed E-state index contributed by atoms with van der Waals surface area (Å²) in [6.45, 7) is 5.02. The number of carbonyl (C=O) groups is 4. The van der Waals surface area contributed by atoms with Gasteiger partial charge in [0.1, 0.15) is 17.3 Å². The van der Waals surface area contributed by atoms with Gasteiger partial charge in [0.05, 0.1) is 74.3 Å². The lowest BCUT2D eigenvalue weighted by Crippen LogP contribution is -2.41. The van der Waals surface area contributed by atoms with Gasteiger partial charge < -0.3 is 29.7 Å². The van der Waals surface area contributed by atoms with E-state index < -0.39 is 23.8 Å². The second-order valence-electron chi connectivity index (χ2n) is 14.3. The number of fused-ring (bicyclic) bond motifs is 2. The third-order valence-corrected chi connectivity index (χ3v) is 8.72. The molecule has 0 bridgehead atoms. The number of nitrogens with zero attached hydrogens (tertiary/aromatic N) is 7. The lowest BCUT2D eigenvalue weighted by Gasteiger charge is -2.27. The molecule has 4 amide bonds. The second kappa shape index (κ2) is 17.6. The third-order valence-electron chi connectivity index (χ3n) is 8.72. The van der Waals surface area contributed by atoms with Crippen LogP contribution in [-0.4, -0.2) is 131 Å². The van der Waals surface area contributed by atoms with Crippen molar-refractivity contribution in [2.24, 2.45) is 0 Å². The zero-order valence-electron chi connectivity index (χ0n) is 31.8. The number of nitrogens with one attached hydrogen (secondary N) is 2. The molecule has 1 fully saturated rings. The van der Waals surface area contributed by atoms with E-state index in [1.165, 1.54) is 11.1 Å². The average Bonchev–Trinajstić information content (AvgIpc) is 3.83. The Morgan fingerprint density at radius 1 is 1.02 bits per heavy atom. The molecular formula is C39H45FN9O7+. The SMILES string of the molecule is C[N+]#Cc1cnc2c(cnn2-c2cc(NC3CC3)c(C(=O)NCC(F)COCCN(CCOCCN3C(=O)c4ccccc4C3=O)C(=O)OC(C)(C)C)cn2)c1. The first kappa shape index (κ1) is 39.7. The fourth-order valence-corrected chi connectivity index (χ4v) is 5.83. The summed E-state index contributed by atoms with van der Waals surface area (Å²) < 4.78 is 33.3. The zero-order chi connectivity index (χ0) is 39.8. The van der Waals surface area contributed by atoms with Crippen molar-refractivity contribution in [2.45, 2.75) is 51.4 Å². The van der Waals surface area contributed by atoms with Crippen LogP contribution in [0.4, 0.5) is 14.9 Å². The van der Waals surface area contributed by atoms with Crippen molar-refractivity contribution in [3.8, 4) is 11.9 Å². The highest BCUT2D eigenvalue weighted by atomic mass is 19.1. The number of halogens is 1. The number of rotatable bonds is 17. The summed E-state index contributed by atoms with van der Waals surface area (Å²) in [4.78, 5) is 66.7. The van der Waals surface area contributed by atoms with Crippen LogP contribution in [0, 0.1) is 6.07 Å². The predicted octanol–water partition coefficient (Wildman–Crippen LogP) is 4.34. The van der Waals surface area contributed by atoms with Gasteiger partial charge in [0.25, 0.3) is 24.8 Å². The monoisotopic (exact) mass is 770 g/mol. The maximum Gasteiger partial charge on any atom is 0.410 e. The number of hydrogen-bond donors (Lipinski definition) is 2. The topological polar surface area (TPSA) is 174 Å². The zero-order valence-corrected chi connectivity index (χ0v) is 31.8. The van der Waals surface area contributed by atoms with Gasteiger partial charge in [-0.25, -0.2) is 19.2 Å². The average molecular weight is 771 g/mol. The number of imide groups is 1. The van der Waals surface area contributed by atoms with Gasteiger partial charge in [-0.2, -0.15) is 9.78 Å². The van der Waals surface area contributed by atoms with E-state index in [2.05, 4.69) is 36.6 Å². The predicted molar refractivity (Wildman–Crippen MR) is 204 cm³/mol. The van der Waals surface area contributed by atoms with Crippen LogP contribution in [0.25, 0.3) is 21.7 Å². The molecule has 1 aliphatic carbocycles. The van der Waals surface area contributed by atoms with Gasteiger partial charge >= 0.3 is 12.2 Å². The number of hydrogen-bond acceptors (Lipinski definition) is 11. The molecule has 294 valence electrons. The molecule has 1 atom stereocenters.